The van der Waals surface area contributed by atoms with E-state index in [1.807, 2.05) is 6.92 Å². The van der Waals surface area contributed by atoms with Crippen LogP contribution in [0.15, 0.2) is 0 Å². The summed E-state index contributed by atoms with van der Waals surface area (Å²) in [6.45, 7) is 2.44. The number of nitrogens with one attached hydrogen (secondary N) is 1. The second-order valence-electron chi connectivity index (χ2n) is 7.31. The summed E-state index contributed by atoms with van der Waals surface area (Å²) in [6, 6.07) is 0.585. The minimum absolute atomic E-state index is 0.0655. The first kappa shape index (κ1) is 12.2. The van der Waals surface area contributed by atoms with E-state index in [0.29, 0.717) is 24.5 Å². The number of hydrogen-bond acceptors (Lipinski definition) is 3. The topological polar surface area (TPSA) is 38.3 Å². The molecule has 1 N–H and O–H groups in total. The lowest BCUT2D eigenvalue weighted by Crippen LogP contribution is -2.69. The van der Waals surface area contributed by atoms with Gasteiger partial charge in [-0.25, -0.2) is 0 Å². The summed E-state index contributed by atoms with van der Waals surface area (Å²) in [5.41, 5.74) is -0.315. The lowest BCUT2D eigenvalue weighted by atomic mass is 9.48. The molecule has 0 atom stereocenters. The van der Waals surface area contributed by atoms with Crippen molar-refractivity contribution in [1.82, 2.24) is 5.32 Å². The van der Waals surface area contributed by atoms with Gasteiger partial charge in [0.15, 0.2) is 0 Å². The second-order valence-corrected chi connectivity index (χ2v) is 7.31. The van der Waals surface area contributed by atoms with Crippen LogP contribution in [0.5, 0.6) is 0 Å². The van der Waals surface area contributed by atoms with E-state index in [4.69, 9.17) is 4.74 Å². The number of esters is 1. The van der Waals surface area contributed by atoms with E-state index in [1.54, 1.807) is 0 Å². The van der Waals surface area contributed by atoms with Crippen LogP contribution in [0.1, 0.15) is 51.9 Å². The van der Waals surface area contributed by atoms with Crippen LogP contribution in [0.2, 0.25) is 0 Å². The van der Waals surface area contributed by atoms with Gasteiger partial charge in [-0.3, -0.25) is 10.1 Å². The summed E-state index contributed by atoms with van der Waals surface area (Å²) in [7, 11) is 0. The monoisotopic (exact) mass is 263 g/mol. The average Bonchev–Trinajstić information content (AvgIpc) is 3.17. The molecular weight excluding hydrogens is 238 g/mol. The van der Waals surface area contributed by atoms with E-state index < -0.39 is 0 Å². The van der Waals surface area contributed by atoms with Crippen LogP contribution in [-0.4, -0.2) is 24.2 Å². The maximum absolute atomic E-state index is 12.7. The summed E-state index contributed by atoms with van der Waals surface area (Å²) in [6.07, 6.45) is 8.93. The largest absolute Gasteiger partial charge is 0.465 e. The van der Waals surface area contributed by atoms with E-state index in [9.17, 15) is 4.79 Å². The van der Waals surface area contributed by atoms with Crippen LogP contribution in [-0.2, 0) is 9.53 Å². The molecule has 5 rings (SSSR count). The van der Waals surface area contributed by atoms with Gasteiger partial charge in [-0.2, -0.15) is 0 Å². The molecule has 0 saturated heterocycles. The Labute approximate surface area is 115 Å². The molecule has 0 aromatic carbocycles. The van der Waals surface area contributed by atoms with Crippen molar-refractivity contribution >= 4 is 5.97 Å². The molecule has 5 aliphatic rings. The van der Waals surface area contributed by atoms with Crippen molar-refractivity contribution in [1.29, 1.82) is 0 Å². The molecule has 0 amide bonds. The van der Waals surface area contributed by atoms with Gasteiger partial charge in [0.1, 0.15) is 5.54 Å². The molecule has 3 nitrogen and oxygen atoms in total. The minimum Gasteiger partial charge on any atom is -0.465 e. The van der Waals surface area contributed by atoms with Crippen molar-refractivity contribution in [3.63, 3.8) is 0 Å². The molecule has 4 bridgehead atoms. The number of carbonyl (C=O) groups is 1. The summed E-state index contributed by atoms with van der Waals surface area (Å²) >= 11 is 0. The maximum Gasteiger partial charge on any atom is 0.326 e. The van der Waals surface area contributed by atoms with Crippen molar-refractivity contribution in [2.75, 3.05) is 6.61 Å². The number of hydrogen-bond donors (Lipinski definition) is 1. The Morgan fingerprint density at radius 1 is 1.11 bits per heavy atom. The van der Waals surface area contributed by atoms with Crippen molar-refractivity contribution in [2.24, 2.45) is 23.7 Å². The lowest BCUT2D eigenvalue weighted by molar-refractivity contribution is -0.171. The molecule has 0 unspecified atom stereocenters. The van der Waals surface area contributed by atoms with E-state index in [1.165, 1.54) is 44.9 Å². The van der Waals surface area contributed by atoms with Gasteiger partial charge in [-0.1, -0.05) is 0 Å². The Hall–Kier alpha value is -0.570. The highest BCUT2D eigenvalue weighted by molar-refractivity contribution is 5.82. The Bertz CT molecular complexity index is 360. The van der Waals surface area contributed by atoms with Gasteiger partial charge in [0, 0.05) is 6.04 Å². The average molecular weight is 263 g/mol. The van der Waals surface area contributed by atoms with Crippen molar-refractivity contribution in [2.45, 2.75) is 63.5 Å². The van der Waals surface area contributed by atoms with E-state index in [0.717, 1.165) is 11.8 Å². The maximum atomic E-state index is 12.7. The molecule has 106 valence electrons. The zero-order valence-corrected chi connectivity index (χ0v) is 11.9. The minimum atomic E-state index is -0.315. The summed E-state index contributed by atoms with van der Waals surface area (Å²) in [5, 5.41) is 3.76. The molecule has 19 heavy (non-hydrogen) atoms. The van der Waals surface area contributed by atoms with Crippen LogP contribution in [0.3, 0.4) is 0 Å². The van der Waals surface area contributed by atoms with Gasteiger partial charge in [0.05, 0.1) is 6.61 Å². The van der Waals surface area contributed by atoms with Crippen LogP contribution in [0.25, 0.3) is 0 Å². The van der Waals surface area contributed by atoms with Crippen LogP contribution in [0, 0.1) is 23.7 Å². The second kappa shape index (κ2) is 4.21. The fourth-order valence-electron chi connectivity index (χ4n) is 5.37. The summed E-state index contributed by atoms with van der Waals surface area (Å²) in [5.74, 6) is 2.94. The standard InChI is InChI=1S/C16H25NO2/c1-2-19-15(18)16(17-14-3-4-14)12-6-10-5-11(8-12)9-13(16)7-10/h10-14,17H,2-9H2,1H3. The summed E-state index contributed by atoms with van der Waals surface area (Å²) < 4.78 is 5.50. The van der Waals surface area contributed by atoms with Crippen molar-refractivity contribution in [3.8, 4) is 0 Å². The van der Waals surface area contributed by atoms with Gasteiger partial charge >= 0.3 is 5.97 Å². The SMILES string of the molecule is CCOC(=O)C1(NC2CC2)C2CC3CC(C2)CC1C3. The van der Waals surface area contributed by atoms with Crippen LogP contribution >= 0.6 is 0 Å². The zero-order chi connectivity index (χ0) is 13.0. The Balaban J connectivity index is 1.67. The molecule has 0 heterocycles. The third kappa shape index (κ3) is 1.77. The van der Waals surface area contributed by atoms with Crippen molar-refractivity contribution < 1.29 is 9.53 Å². The first-order chi connectivity index (χ1) is 9.22. The third-order valence-corrected chi connectivity index (χ3v) is 6.06. The first-order valence-corrected chi connectivity index (χ1v) is 8.17. The quantitative estimate of drug-likeness (QED) is 0.792. The van der Waals surface area contributed by atoms with Gasteiger partial charge in [0.25, 0.3) is 0 Å². The van der Waals surface area contributed by atoms with Gasteiger partial charge in [-0.15, -0.1) is 0 Å². The summed E-state index contributed by atoms with van der Waals surface area (Å²) in [4.78, 5) is 12.7. The fraction of sp³-hybridized carbons (Fsp3) is 0.938. The van der Waals surface area contributed by atoms with Gasteiger partial charge < -0.3 is 4.74 Å². The number of rotatable bonds is 4. The highest BCUT2D eigenvalue weighted by Gasteiger charge is 2.62. The van der Waals surface area contributed by atoms with E-state index in [-0.39, 0.29) is 11.5 Å². The Morgan fingerprint density at radius 2 is 1.68 bits per heavy atom. The predicted molar refractivity (Wildman–Crippen MR) is 72.6 cm³/mol. The molecule has 5 fully saturated rings. The highest BCUT2D eigenvalue weighted by Crippen LogP contribution is 2.59. The molecule has 0 aromatic heterocycles. The normalized spacial score (nSPS) is 47.4. The Morgan fingerprint density at radius 3 is 2.16 bits per heavy atom. The lowest BCUT2D eigenvalue weighted by Gasteiger charge is -2.60. The molecule has 0 aliphatic heterocycles. The molecule has 5 aliphatic carbocycles. The van der Waals surface area contributed by atoms with E-state index >= 15 is 0 Å². The fourth-order valence-corrected chi connectivity index (χ4v) is 5.37. The van der Waals surface area contributed by atoms with Crippen LogP contribution < -0.4 is 5.32 Å². The van der Waals surface area contributed by atoms with Crippen LogP contribution in [0.4, 0.5) is 0 Å². The third-order valence-electron chi connectivity index (χ3n) is 6.06. The molecule has 0 aromatic rings. The highest BCUT2D eigenvalue weighted by atomic mass is 16.5. The number of carbonyl (C=O) groups excluding carboxylic acids is 1. The van der Waals surface area contributed by atoms with Gasteiger partial charge in [0.2, 0.25) is 0 Å². The smallest absolute Gasteiger partial charge is 0.326 e. The Kier molecular flexibility index (Phi) is 2.70. The van der Waals surface area contributed by atoms with Gasteiger partial charge in [-0.05, 0) is 75.5 Å². The first-order valence-electron chi connectivity index (χ1n) is 8.17. The predicted octanol–water partition coefficient (Wildman–Crippen LogP) is 2.50. The zero-order valence-electron chi connectivity index (χ0n) is 11.9. The number of ether oxygens (including phenoxy) is 1. The molecular formula is C16H25NO2. The molecule has 5 saturated carbocycles. The molecule has 0 spiro atoms. The molecule has 0 radical (unpaired) electrons. The molecule has 3 heteroatoms. The van der Waals surface area contributed by atoms with Crippen molar-refractivity contribution in [3.05, 3.63) is 0 Å². The van der Waals surface area contributed by atoms with E-state index in [2.05, 4.69) is 5.32 Å².